The number of ether oxygens (including phenoxy) is 1. The van der Waals surface area contributed by atoms with Crippen LogP contribution in [-0.2, 0) is 9.53 Å². The Labute approximate surface area is 175 Å². The van der Waals surface area contributed by atoms with Gasteiger partial charge >= 0.3 is 0 Å². The molecule has 0 bridgehead atoms. The summed E-state index contributed by atoms with van der Waals surface area (Å²) in [5.41, 5.74) is 4.10. The molecule has 2 N–H and O–H groups in total. The summed E-state index contributed by atoms with van der Waals surface area (Å²) in [4.78, 5) is 11.8. The molecule has 0 fully saturated rings. The van der Waals surface area contributed by atoms with E-state index in [1.54, 1.807) is 0 Å². The molecule has 0 spiro atoms. The first-order chi connectivity index (χ1) is 14.0. The zero-order chi connectivity index (χ0) is 20.8. The van der Waals surface area contributed by atoms with E-state index >= 15 is 0 Å². The summed E-state index contributed by atoms with van der Waals surface area (Å²) in [5.74, 6) is 0.444. The summed E-state index contributed by atoms with van der Waals surface area (Å²) in [6.07, 6.45) is 0. The number of carbonyl (C=O) groups is 1. The summed E-state index contributed by atoms with van der Waals surface area (Å²) in [5, 5.41) is 11.1. The van der Waals surface area contributed by atoms with Crippen molar-refractivity contribution in [3.63, 3.8) is 0 Å². The largest absolute Gasteiger partial charge is 0.374 e. The van der Waals surface area contributed by atoms with Crippen molar-refractivity contribution in [1.29, 1.82) is 0 Å². The van der Waals surface area contributed by atoms with Crippen molar-refractivity contribution in [3.05, 3.63) is 64.8 Å². The predicted octanol–water partition coefficient (Wildman–Crippen LogP) is 5.45. The first-order valence-corrected chi connectivity index (χ1v) is 9.82. The minimum Gasteiger partial charge on any atom is -0.374 e. The molecule has 3 rings (SSSR count). The molecule has 0 aliphatic carbocycles. The predicted molar refractivity (Wildman–Crippen MR) is 115 cm³/mol. The van der Waals surface area contributed by atoms with Gasteiger partial charge in [-0.3, -0.25) is 4.79 Å². The van der Waals surface area contributed by atoms with Crippen LogP contribution in [0.4, 0.5) is 11.4 Å². The zero-order valence-corrected chi connectivity index (χ0v) is 17.4. The summed E-state index contributed by atoms with van der Waals surface area (Å²) in [6.45, 7) is 6.30. The summed E-state index contributed by atoms with van der Waals surface area (Å²) >= 11 is 6.32. The number of aromatic nitrogens is 1. The van der Waals surface area contributed by atoms with Gasteiger partial charge in [0.15, 0.2) is 5.76 Å². The maximum Gasteiger partial charge on any atom is 0.250 e. The molecule has 0 radical (unpaired) electrons. The molecule has 1 atom stereocenters. The monoisotopic (exact) mass is 413 g/mol. The van der Waals surface area contributed by atoms with Gasteiger partial charge in [0.2, 0.25) is 5.91 Å². The molecular weight excluding hydrogens is 390 g/mol. The third-order valence-corrected chi connectivity index (χ3v) is 4.81. The van der Waals surface area contributed by atoms with Gasteiger partial charge in [0.05, 0.1) is 6.04 Å². The molecule has 1 heterocycles. The number of hydrogen-bond acceptors (Lipinski definition) is 5. The topological polar surface area (TPSA) is 76.4 Å². The summed E-state index contributed by atoms with van der Waals surface area (Å²) in [7, 11) is 0. The van der Waals surface area contributed by atoms with Crippen LogP contribution in [0.2, 0.25) is 5.02 Å². The van der Waals surface area contributed by atoms with Crippen LogP contribution in [0.5, 0.6) is 0 Å². The molecular formula is C22H24ClN3O3. The van der Waals surface area contributed by atoms with Gasteiger partial charge in [0, 0.05) is 22.9 Å². The lowest BCUT2D eigenvalue weighted by Crippen LogP contribution is -2.18. The fourth-order valence-corrected chi connectivity index (χ4v) is 3.25. The molecule has 0 saturated heterocycles. The quantitative estimate of drug-likeness (QED) is 0.513. The average molecular weight is 414 g/mol. The van der Waals surface area contributed by atoms with E-state index in [4.69, 9.17) is 20.9 Å². The number of anilines is 2. The zero-order valence-electron chi connectivity index (χ0n) is 16.7. The maximum absolute atomic E-state index is 11.8. The summed E-state index contributed by atoms with van der Waals surface area (Å²) in [6, 6.07) is 15.1. The molecule has 1 unspecified atom stereocenters. The normalized spacial score (nSPS) is 11.9. The number of aryl methyl sites for hydroxylation is 1. The highest BCUT2D eigenvalue weighted by Crippen LogP contribution is 2.35. The van der Waals surface area contributed by atoms with Gasteiger partial charge in [-0.05, 0) is 56.7 Å². The molecule has 152 valence electrons. The van der Waals surface area contributed by atoms with Gasteiger partial charge in [-0.1, -0.05) is 35.0 Å². The van der Waals surface area contributed by atoms with Crippen molar-refractivity contribution in [2.75, 3.05) is 23.8 Å². The second kappa shape index (κ2) is 9.58. The van der Waals surface area contributed by atoms with Crippen LogP contribution in [0.25, 0.3) is 11.3 Å². The Morgan fingerprint density at radius 3 is 2.62 bits per heavy atom. The van der Waals surface area contributed by atoms with Gasteiger partial charge in [-0.2, -0.15) is 0 Å². The number of amides is 1. The third-order valence-electron chi connectivity index (χ3n) is 4.46. The number of nitrogens with one attached hydrogen (secondary N) is 2. The number of hydrogen-bond donors (Lipinski definition) is 2. The van der Waals surface area contributed by atoms with E-state index < -0.39 is 0 Å². The highest BCUT2D eigenvalue weighted by Gasteiger charge is 2.18. The number of carbonyl (C=O) groups excluding carboxylic acids is 1. The number of rotatable bonds is 8. The van der Waals surface area contributed by atoms with E-state index in [1.165, 1.54) is 0 Å². The smallest absolute Gasteiger partial charge is 0.250 e. The van der Waals surface area contributed by atoms with E-state index in [0.29, 0.717) is 23.1 Å². The minimum atomic E-state index is -0.189. The molecule has 29 heavy (non-hydrogen) atoms. The molecule has 0 aliphatic rings. The Balaban J connectivity index is 1.77. The molecule has 1 aromatic heterocycles. The Kier molecular flexibility index (Phi) is 6.90. The second-order valence-electron chi connectivity index (χ2n) is 6.62. The maximum atomic E-state index is 11.8. The lowest BCUT2D eigenvalue weighted by Gasteiger charge is -2.17. The Morgan fingerprint density at radius 2 is 1.93 bits per heavy atom. The van der Waals surface area contributed by atoms with Gasteiger partial charge in [-0.25, -0.2) is 0 Å². The molecule has 0 saturated carbocycles. The van der Waals surface area contributed by atoms with Crippen molar-refractivity contribution in [3.8, 4) is 11.3 Å². The molecule has 1 amide bonds. The lowest BCUT2D eigenvalue weighted by molar-refractivity contribution is -0.120. The van der Waals surface area contributed by atoms with Crippen molar-refractivity contribution < 1.29 is 14.1 Å². The third kappa shape index (κ3) is 5.16. The van der Waals surface area contributed by atoms with E-state index in [2.05, 4.69) is 15.8 Å². The molecule has 3 aromatic rings. The Hall–Kier alpha value is -2.83. The number of halogens is 1. The van der Waals surface area contributed by atoms with Crippen LogP contribution in [0.15, 0.2) is 53.1 Å². The van der Waals surface area contributed by atoms with Crippen LogP contribution < -0.4 is 10.6 Å². The van der Waals surface area contributed by atoms with Crippen molar-refractivity contribution in [1.82, 2.24) is 5.16 Å². The lowest BCUT2D eigenvalue weighted by atomic mass is 10.1. The van der Waals surface area contributed by atoms with Gasteiger partial charge in [0.25, 0.3) is 0 Å². The van der Waals surface area contributed by atoms with Crippen LogP contribution in [-0.4, -0.2) is 24.3 Å². The first-order valence-electron chi connectivity index (χ1n) is 9.44. The average Bonchev–Trinajstić information content (AvgIpc) is 3.07. The van der Waals surface area contributed by atoms with E-state index in [-0.39, 0.29) is 18.6 Å². The van der Waals surface area contributed by atoms with Crippen molar-refractivity contribution in [2.45, 2.75) is 26.8 Å². The molecule has 6 nitrogen and oxygen atoms in total. The fraction of sp³-hybridized carbons (Fsp3) is 0.273. The first kappa shape index (κ1) is 20.9. The van der Waals surface area contributed by atoms with Gasteiger partial charge in [-0.15, -0.1) is 0 Å². The van der Waals surface area contributed by atoms with Crippen LogP contribution >= 0.6 is 11.6 Å². The van der Waals surface area contributed by atoms with E-state index in [1.807, 2.05) is 69.3 Å². The highest BCUT2D eigenvalue weighted by atomic mass is 35.5. The summed E-state index contributed by atoms with van der Waals surface area (Å²) < 4.78 is 10.7. The standard InChI is InChI=1S/C22H24ClN3O3/c1-4-28-13-20(27)25-17-11-9-16(10-12-17)22-21(15(3)26-29-22)24-14(2)18-7-5-6-8-19(18)23/h5-12,14,24H,4,13H2,1-3H3,(H,25,27). The van der Waals surface area contributed by atoms with E-state index in [0.717, 1.165) is 22.5 Å². The van der Waals surface area contributed by atoms with Gasteiger partial charge in [0.1, 0.15) is 18.0 Å². The molecule has 7 heteroatoms. The number of benzene rings is 2. The molecule has 0 aliphatic heterocycles. The number of nitrogens with zero attached hydrogens (tertiary/aromatic N) is 1. The fourth-order valence-electron chi connectivity index (χ4n) is 2.95. The van der Waals surface area contributed by atoms with Crippen LogP contribution in [0.3, 0.4) is 0 Å². The van der Waals surface area contributed by atoms with Crippen LogP contribution in [0, 0.1) is 6.92 Å². The van der Waals surface area contributed by atoms with Crippen LogP contribution in [0.1, 0.15) is 31.1 Å². The van der Waals surface area contributed by atoms with E-state index in [9.17, 15) is 4.79 Å². The molecule has 2 aromatic carbocycles. The highest BCUT2D eigenvalue weighted by molar-refractivity contribution is 6.31. The van der Waals surface area contributed by atoms with Gasteiger partial charge < -0.3 is 19.9 Å². The SMILES string of the molecule is CCOCC(=O)Nc1ccc(-c2onc(C)c2NC(C)c2ccccc2Cl)cc1. The minimum absolute atomic E-state index is 0.0299. The van der Waals surface area contributed by atoms with Crippen molar-refractivity contribution >= 4 is 28.9 Å². The second-order valence-corrected chi connectivity index (χ2v) is 7.03. The Bertz CT molecular complexity index is 970. The van der Waals surface area contributed by atoms with Crippen molar-refractivity contribution in [2.24, 2.45) is 0 Å². The Morgan fingerprint density at radius 1 is 1.21 bits per heavy atom.